The van der Waals surface area contributed by atoms with Gasteiger partial charge in [0.25, 0.3) is 0 Å². The molecule has 142 valence electrons. The first-order valence-electron chi connectivity index (χ1n) is 8.62. The molecule has 1 saturated heterocycles. The molecule has 0 saturated carbocycles. The number of rotatable bonds is 6. The Balaban J connectivity index is 0.00000243. The maximum absolute atomic E-state index is 12.5. The van der Waals surface area contributed by atoms with E-state index < -0.39 is 0 Å². The summed E-state index contributed by atoms with van der Waals surface area (Å²) in [7, 11) is 1.66. The third-order valence-corrected chi connectivity index (χ3v) is 6.24. The van der Waals surface area contributed by atoms with Gasteiger partial charge in [-0.05, 0) is 57.1 Å². The zero-order valence-electron chi connectivity index (χ0n) is 15.5. The van der Waals surface area contributed by atoms with Crippen molar-refractivity contribution in [2.75, 3.05) is 20.2 Å². The molecule has 1 aliphatic rings. The fraction of sp³-hybridized carbons (Fsp3) is 0.474. The van der Waals surface area contributed by atoms with Gasteiger partial charge in [0, 0.05) is 11.5 Å². The highest BCUT2D eigenvalue weighted by atomic mass is 35.5. The Kier molecular flexibility index (Phi) is 7.03. The summed E-state index contributed by atoms with van der Waals surface area (Å²) in [5.74, 6) is 1.44. The van der Waals surface area contributed by atoms with Crippen LogP contribution in [0.2, 0.25) is 0 Å². The minimum Gasteiger partial charge on any atom is -0.497 e. The molecule has 2 unspecified atom stereocenters. The average Bonchev–Trinajstić information content (AvgIpc) is 2.95. The van der Waals surface area contributed by atoms with Crippen molar-refractivity contribution in [3.05, 3.63) is 34.8 Å². The van der Waals surface area contributed by atoms with Crippen LogP contribution in [-0.4, -0.2) is 31.1 Å². The fourth-order valence-corrected chi connectivity index (χ4v) is 4.03. The minimum atomic E-state index is -0.0347. The number of hydrogen-bond donors (Lipinski definition) is 2. The van der Waals surface area contributed by atoms with Gasteiger partial charge in [0.1, 0.15) is 10.8 Å². The standard InChI is InChI=1S/C19H25N3O2S.ClH/c1-11(15-9-20-10-15)18(23)21-12(2)17-13(3)22-19(25-17)14-5-7-16(24-4)8-6-14;/h5-8,11-12,15,20H,9-10H2,1-4H3,(H,21,23);1H. The molecule has 0 spiro atoms. The molecule has 5 nitrogen and oxygen atoms in total. The predicted molar refractivity (Wildman–Crippen MR) is 108 cm³/mol. The number of aryl methyl sites for hydroxylation is 1. The molecule has 1 amide bonds. The van der Waals surface area contributed by atoms with E-state index in [1.807, 2.05) is 45.0 Å². The van der Waals surface area contributed by atoms with Crippen LogP contribution in [0, 0.1) is 18.8 Å². The summed E-state index contributed by atoms with van der Waals surface area (Å²) in [6.07, 6.45) is 0. The van der Waals surface area contributed by atoms with Crippen molar-refractivity contribution in [1.29, 1.82) is 0 Å². The molecule has 2 atom stereocenters. The van der Waals surface area contributed by atoms with Crippen molar-refractivity contribution < 1.29 is 9.53 Å². The van der Waals surface area contributed by atoms with E-state index in [2.05, 4.69) is 15.6 Å². The normalized spacial score (nSPS) is 16.2. The molecular weight excluding hydrogens is 370 g/mol. The largest absolute Gasteiger partial charge is 0.497 e. The second-order valence-corrected chi connectivity index (χ2v) is 7.67. The van der Waals surface area contributed by atoms with Crippen LogP contribution in [0.5, 0.6) is 5.75 Å². The molecule has 2 N–H and O–H groups in total. The number of methoxy groups -OCH3 is 1. The quantitative estimate of drug-likeness (QED) is 0.784. The Morgan fingerprint density at radius 3 is 2.50 bits per heavy atom. The van der Waals surface area contributed by atoms with Gasteiger partial charge >= 0.3 is 0 Å². The summed E-state index contributed by atoms with van der Waals surface area (Å²) in [6.45, 7) is 7.91. The molecule has 0 bridgehead atoms. The van der Waals surface area contributed by atoms with Gasteiger partial charge in [-0.25, -0.2) is 4.98 Å². The Bertz CT molecular complexity index is 744. The second kappa shape index (κ2) is 8.84. The van der Waals surface area contributed by atoms with Gasteiger partial charge in [-0.3, -0.25) is 4.79 Å². The van der Waals surface area contributed by atoms with Crippen molar-refractivity contribution >= 4 is 29.7 Å². The lowest BCUT2D eigenvalue weighted by molar-refractivity contribution is -0.127. The Labute approximate surface area is 165 Å². The first kappa shape index (κ1) is 20.7. The van der Waals surface area contributed by atoms with Crippen molar-refractivity contribution in [2.45, 2.75) is 26.8 Å². The molecule has 1 fully saturated rings. The van der Waals surface area contributed by atoms with Crippen LogP contribution >= 0.6 is 23.7 Å². The van der Waals surface area contributed by atoms with Gasteiger partial charge in [-0.15, -0.1) is 23.7 Å². The van der Waals surface area contributed by atoms with E-state index in [1.165, 1.54) is 0 Å². The summed E-state index contributed by atoms with van der Waals surface area (Å²) >= 11 is 1.64. The number of amides is 1. The number of carbonyl (C=O) groups is 1. The minimum absolute atomic E-state index is 0. The monoisotopic (exact) mass is 395 g/mol. The molecule has 0 aliphatic carbocycles. The molecular formula is C19H26ClN3O2S. The molecule has 26 heavy (non-hydrogen) atoms. The maximum Gasteiger partial charge on any atom is 0.223 e. The summed E-state index contributed by atoms with van der Waals surface area (Å²) < 4.78 is 5.20. The molecule has 0 radical (unpaired) electrons. The third kappa shape index (κ3) is 4.37. The van der Waals surface area contributed by atoms with E-state index in [9.17, 15) is 4.79 Å². The zero-order valence-corrected chi connectivity index (χ0v) is 17.2. The second-order valence-electron chi connectivity index (χ2n) is 6.63. The smallest absolute Gasteiger partial charge is 0.223 e. The van der Waals surface area contributed by atoms with E-state index in [4.69, 9.17) is 4.74 Å². The van der Waals surface area contributed by atoms with Gasteiger partial charge < -0.3 is 15.4 Å². The lowest BCUT2D eigenvalue weighted by atomic mass is 9.88. The van der Waals surface area contributed by atoms with Crippen LogP contribution in [0.15, 0.2) is 24.3 Å². The van der Waals surface area contributed by atoms with Crippen LogP contribution in [0.4, 0.5) is 0 Å². The summed E-state index contributed by atoms with van der Waals surface area (Å²) in [6, 6.07) is 7.86. The zero-order chi connectivity index (χ0) is 18.0. The first-order valence-corrected chi connectivity index (χ1v) is 9.44. The summed E-state index contributed by atoms with van der Waals surface area (Å²) in [5, 5.41) is 7.34. The molecule has 7 heteroatoms. The lowest BCUT2D eigenvalue weighted by Crippen LogP contribution is -2.49. The van der Waals surface area contributed by atoms with E-state index in [-0.39, 0.29) is 30.3 Å². The lowest BCUT2D eigenvalue weighted by Gasteiger charge is -2.32. The number of hydrogen-bond acceptors (Lipinski definition) is 5. The summed E-state index contributed by atoms with van der Waals surface area (Å²) in [5.41, 5.74) is 2.04. The molecule has 2 aromatic rings. The van der Waals surface area contributed by atoms with E-state index in [1.54, 1.807) is 18.4 Å². The van der Waals surface area contributed by atoms with E-state index in [0.29, 0.717) is 5.92 Å². The molecule has 1 aliphatic heterocycles. The number of ether oxygens (including phenoxy) is 1. The first-order chi connectivity index (χ1) is 12.0. The number of aromatic nitrogens is 1. The summed E-state index contributed by atoms with van der Waals surface area (Å²) in [4.78, 5) is 18.2. The molecule has 1 aromatic carbocycles. The Hall–Kier alpha value is -1.63. The van der Waals surface area contributed by atoms with Crippen LogP contribution in [0.3, 0.4) is 0 Å². The third-order valence-electron chi connectivity index (χ3n) is 4.86. The number of nitrogens with one attached hydrogen (secondary N) is 2. The fourth-order valence-electron chi connectivity index (χ4n) is 2.96. The predicted octanol–water partition coefficient (Wildman–Crippen LogP) is 3.58. The topological polar surface area (TPSA) is 63.2 Å². The van der Waals surface area contributed by atoms with Gasteiger partial charge in [0.05, 0.1) is 23.7 Å². The van der Waals surface area contributed by atoms with Crippen LogP contribution in [0.25, 0.3) is 10.6 Å². The highest BCUT2D eigenvalue weighted by Crippen LogP contribution is 2.32. The van der Waals surface area contributed by atoms with Gasteiger partial charge in [-0.1, -0.05) is 6.92 Å². The van der Waals surface area contributed by atoms with Crippen molar-refractivity contribution in [3.8, 4) is 16.3 Å². The van der Waals surface area contributed by atoms with Gasteiger partial charge in [0.2, 0.25) is 5.91 Å². The van der Waals surface area contributed by atoms with Crippen molar-refractivity contribution in [1.82, 2.24) is 15.6 Å². The Morgan fingerprint density at radius 2 is 1.96 bits per heavy atom. The van der Waals surface area contributed by atoms with Crippen LogP contribution in [0.1, 0.15) is 30.5 Å². The number of benzene rings is 1. The number of nitrogens with zero attached hydrogens (tertiary/aromatic N) is 1. The van der Waals surface area contributed by atoms with E-state index >= 15 is 0 Å². The van der Waals surface area contributed by atoms with Crippen LogP contribution < -0.4 is 15.4 Å². The van der Waals surface area contributed by atoms with Crippen molar-refractivity contribution in [2.24, 2.45) is 11.8 Å². The average molecular weight is 396 g/mol. The molecule has 2 heterocycles. The van der Waals surface area contributed by atoms with E-state index in [0.717, 1.165) is 40.0 Å². The highest BCUT2D eigenvalue weighted by Gasteiger charge is 2.29. The van der Waals surface area contributed by atoms with Crippen molar-refractivity contribution in [3.63, 3.8) is 0 Å². The Morgan fingerprint density at radius 1 is 1.31 bits per heavy atom. The maximum atomic E-state index is 12.5. The molecule has 1 aromatic heterocycles. The number of halogens is 1. The SMILES string of the molecule is COc1ccc(-c2nc(C)c(C(C)NC(=O)C(C)C3CNC3)s2)cc1.Cl. The van der Waals surface area contributed by atoms with Gasteiger partial charge in [0.15, 0.2) is 0 Å². The van der Waals surface area contributed by atoms with Gasteiger partial charge in [-0.2, -0.15) is 0 Å². The highest BCUT2D eigenvalue weighted by molar-refractivity contribution is 7.15. The molecule has 3 rings (SSSR count). The number of thiazole rings is 1. The number of carbonyl (C=O) groups excluding carboxylic acids is 1. The van der Waals surface area contributed by atoms with Crippen LogP contribution in [-0.2, 0) is 4.79 Å².